The number of rotatable bonds is 3. The van der Waals surface area contributed by atoms with Gasteiger partial charge in [0.15, 0.2) is 0 Å². The van der Waals surface area contributed by atoms with Gasteiger partial charge in [0.25, 0.3) is 0 Å². The highest BCUT2D eigenvalue weighted by molar-refractivity contribution is 9.10. The molecule has 1 rings (SSSR count). The van der Waals surface area contributed by atoms with Crippen LogP contribution in [0.3, 0.4) is 0 Å². The zero-order valence-electron chi connectivity index (χ0n) is 6.40. The molecule has 66 valence electrons. The Balaban J connectivity index is 2.92. The molecule has 0 aliphatic heterocycles. The molecule has 0 heterocycles. The van der Waals surface area contributed by atoms with Crippen LogP contribution in [0.5, 0.6) is 0 Å². The molecule has 12 heavy (non-hydrogen) atoms. The Labute approximate surface area is 79.2 Å². The summed E-state index contributed by atoms with van der Waals surface area (Å²) in [7, 11) is 0. The average Bonchev–Trinajstić information content (AvgIpc) is 2.10. The van der Waals surface area contributed by atoms with Gasteiger partial charge >= 0.3 is 0 Å². The molecular formula is C8H10BrNO2. The van der Waals surface area contributed by atoms with Gasteiger partial charge in [-0.15, -0.1) is 0 Å². The summed E-state index contributed by atoms with van der Waals surface area (Å²) in [4.78, 5) is 4.59. The summed E-state index contributed by atoms with van der Waals surface area (Å²) in [5, 5.41) is 8.88. The lowest BCUT2D eigenvalue weighted by Crippen LogP contribution is -2.13. The van der Waals surface area contributed by atoms with E-state index in [1.165, 1.54) is 0 Å². The molecule has 1 atom stereocenters. The summed E-state index contributed by atoms with van der Waals surface area (Å²) >= 11 is 3.33. The van der Waals surface area contributed by atoms with Crippen molar-refractivity contribution in [2.75, 3.05) is 6.61 Å². The molecule has 0 radical (unpaired) electrons. The number of aliphatic hydroxyl groups is 1. The first-order valence-electron chi connectivity index (χ1n) is 3.50. The molecule has 1 aromatic rings. The summed E-state index contributed by atoms with van der Waals surface area (Å²) in [5.74, 6) is 5.00. The predicted octanol–water partition coefficient (Wildman–Crippen LogP) is 1.37. The molecule has 1 unspecified atom stereocenters. The van der Waals surface area contributed by atoms with E-state index >= 15 is 0 Å². The third-order valence-electron chi connectivity index (χ3n) is 1.58. The van der Waals surface area contributed by atoms with Gasteiger partial charge < -0.3 is 5.11 Å². The summed E-state index contributed by atoms with van der Waals surface area (Å²) in [6.45, 7) is -0.126. The Morgan fingerprint density at radius 1 is 1.50 bits per heavy atom. The zero-order valence-corrected chi connectivity index (χ0v) is 7.99. The molecule has 0 aliphatic rings. The molecule has 0 spiro atoms. The molecule has 1 aromatic carbocycles. The smallest absolute Gasteiger partial charge is 0.128 e. The molecule has 3 N–H and O–H groups in total. The third kappa shape index (κ3) is 2.04. The minimum Gasteiger partial charge on any atom is -0.393 e. The lowest BCUT2D eigenvalue weighted by molar-refractivity contribution is 0.0104. The highest BCUT2D eigenvalue weighted by Crippen LogP contribution is 2.23. The van der Waals surface area contributed by atoms with Crippen molar-refractivity contribution < 1.29 is 9.94 Å². The van der Waals surface area contributed by atoms with Crippen LogP contribution in [-0.2, 0) is 4.84 Å². The fourth-order valence-corrected chi connectivity index (χ4v) is 1.49. The predicted molar refractivity (Wildman–Crippen MR) is 49.2 cm³/mol. The van der Waals surface area contributed by atoms with E-state index < -0.39 is 6.10 Å². The van der Waals surface area contributed by atoms with E-state index in [9.17, 15) is 0 Å². The molecular weight excluding hydrogens is 222 g/mol. The van der Waals surface area contributed by atoms with Crippen LogP contribution in [0.1, 0.15) is 11.7 Å². The third-order valence-corrected chi connectivity index (χ3v) is 2.30. The van der Waals surface area contributed by atoms with Crippen molar-refractivity contribution in [3.05, 3.63) is 34.3 Å². The Morgan fingerprint density at radius 3 is 2.67 bits per heavy atom. The number of benzene rings is 1. The summed E-state index contributed by atoms with van der Waals surface area (Å²) in [6.07, 6.45) is -0.458. The Bertz CT molecular complexity index is 251. The molecule has 0 aliphatic carbocycles. The standard InChI is InChI=1S/C8H10BrNO2/c9-7-4-2-1-3-6(7)8(5-11)12-10/h1-4,8,11H,5,10H2. The molecule has 3 nitrogen and oxygen atoms in total. The number of nitrogens with two attached hydrogens (primary N) is 1. The Hall–Kier alpha value is -0.420. The summed E-state index contributed by atoms with van der Waals surface area (Å²) < 4.78 is 0.884. The first-order chi connectivity index (χ1) is 5.79. The van der Waals surface area contributed by atoms with E-state index in [1.807, 2.05) is 24.3 Å². The van der Waals surface area contributed by atoms with Crippen LogP contribution >= 0.6 is 15.9 Å². The van der Waals surface area contributed by atoms with Crippen molar-refractivity contribution in [3.8, 4) is 0 Å². The molecule has 0 bridgehead atoms. The topological polar surface area (TPSA) is 55.5 Å². The van der Waals surface area contributed by atoms with Crippen LogP contribution in [0.25, 0.3) is 0 Å². The van der Waals surface area contributed by atoms with Crippen LogP contribution in [0.15, 0.2) is 28.7 Å². The van der Waals surface area contributed by atoms with Gasteiger partial charge in [-0.1, -0.05) is 34.1 Å². The van der Waals surface area contributed by atoms with Crippen molar-refractivity contribution in [2.24, 2.45) is 5.90 Å². The van der Waals surface area contributed by atoms with Crippen LogP contribution in [0, 0.1) is 0 Å². The SMILES string of the molecule is NOC(CO)c1ccccc1Br. The van der Waals surface area contributed by atoms with Gasteiger partial charge in [0.2, 0.25) is 0 Å². The lowest BCUT2D eigenvalue weighted by Gasteiger charge is -2.12. The van der Waals surface area contributed by atoms with E-state index in [0.29, 0.717) is 0 Å². The fraction of sp³-hybridized carbons (Fsp3) is 0.250. The van der Waals surface area contributed by atoms with Gasteiger partial charge in [-0.25, -0.2) is 5.90 Å². The number of hydrogen-bond donors (Lipinski definition) is 2. The van der Waals surface area contributed by atoms with Gasteiger partial charge in [-0.3, -0.25) is 4.84 Å². The molecule has 0 aromatic heterocycles. The van der Waals surface area contributed by atoms with Crippen LogP contribution in [0.4, 0.5) is 0 Å². The first-order valence-corrected chi connectivity index (χ1v) is 4.29. The molecule has 0 saturated carbocycles. The highest BCUT2D eigenvalue weighted by Gasteiger charge is 2.11. The van der Waals surface area contributed by atoms with Gasteiger partial charge in [0.1, 0.15) is 6.10 Å². The molecule has 0 amide bonds. The first kappa shape index (κ1) is 9.67. The molecule has 4 heteroatoms. The van der Waals surface area contributed by atoms with Gasteiger partial charge in [0.05, 0.1) is 6.61 Å². The highest BCUT2D eigenvalue weighted by atomic mass is 79.9. The van der Waals surface area contributed by atoms with Gasteiger partial charge in [-0.05, 0) is 11.6 Å². The second-order valence-electron chi connectivity index (χ2n) is 2.33. The number of hydrogen-bond acceptors (Lipinski definition) is 3. The van der Waals surface area contributed by atoms with Crippen molar-refractivity contribution in [3.63, 3.8) is 0 Å². The number of halogens is 1. The van der Waals surface area contributed by atoms with E-state index in [-0.39, 0.29) is 6.61 Å². The minimum absolute atomic E-state index is 0.126. The van der Waals surface area contributed by atoms with Gasteiger partial charge in [-0.2, -0.15) is 0 Å². The van der Waals surface area contributed by atoms with Crippen molar-refractivity contribution >= 4 is 15.9 Å². The molecule has 0 fully saturated rings. The maximum absolute atomic E-state index is 8.88. The second-order valence-corrected chi connectivity index (χ2v) is 3.18. The summed E-state index contributed by atoms with van der Waals surface area (Å²) in [6, 6.07) is 7.47. The van der Waals surface area contributed by atoms with Crippen molar-refractivity contribution in [2.45, 2.75) is 6.10 Å². The normalized spacial score (nSPS) is 12.9. The van der Waals surface area contributed by atoms with E-state index in [1.54, 1.807) is 0 Å². The lowest BCUT2D eigenvalue weighted by atomic mass is 10.1. The fourth-order valence-electron chi connectivity index (χ4n) is 0.951. The minimum atomic E-state index is -0.458. The molecule has 0 saturated heterocycles. The van der Waals surface area contributed by atoms with E-state index in [0.717, 1.165) is 10.0 Å². The monoisotopic (exact) mass is 231 g/mol. The van der Waals surface area contributed by atoms with Crippen molar-refractivity contribution in [1.29, 1.82) is 0 Å². The largest absolute Gasteiger partial charge is 0.393 e. The van der Waals surface area contributed by atoms with Gasteiger partial charge in [0, 0.05) is 4.47 Å². The van der Waals surface area contributed by atoms with Crippen LogP contribution < -0.4 is 5.90 Å². The van der Waals surface area contributed by atoms with Crippen LogP contribution in [-0.4, -0.2) is 11.7 Å². The van der Waals surface area contributed by atoms with E-state index in [4.69, 9.17) is 11.0 Å². The average molecular weight is 232 g/mol. The van der Waals surface area contributed by atoms with Crippen LogP contribution in [0.2, 0.25) is 0 Å². The zero-order chi connectivity index (χ0) is 8.97. The Kier molecular flexibility index (Phi) is 3.68. The Morgan fingerprint density at radius 2 is 2.17 bits per heavy atom. The maximum Gasteiger partial charge on any atom is 0.128 e. The second kappa shape index (κ2) is 4.57. The summed E-state index contributed by atoms with van der Waals surface area (Å²) in [5.41, 5.74) is 0.850. The quantitative estimate of drug-likeness (QED) is 0.774. The number of aliphatic hydroxyl groups excluding tert-OH is 1. The van der Waals surface area contributed by atoms with E-state index in [2.05, 4.69) is 20.8 Å². The maximum atomic E-state index is 8.88. The van der Waals surface area contributed by atoms with Crippen molar-refractivity contribution in [1.82, 2.24) is 0 Å².